The van der Waals surface area contributed by atoms with Crippen molar-refractivity contribution in [2.45, 2.75) is 0 Å². The molecule has 0 atom stereocenters. The van der Waals surface area contributed by atoms with Crippen LogP contribution in [0.25, 0.3) is 0 Å². The van der Waals surface area contributed by atoms with Crippen LogP contribution in [0.15, 0.2) is 53.6 Å². The van der Waals surface area contributed by atoms with Gasteiger partial charge >= 0.3 is 0 Å². The lowest BCUT2D eigenvalue weighted by atomic mass is 10.2. The Labute approximate surface area is 124 Å². The number of benzene rings is 2. The number of aromatic hydroxyl groups is 1. The van der Waals surface area contributed by atoms with E-state index in [0.29, 0.717) is 0 Å². The second kappa shape index (κ2) is 6.33. The lowest BCUT2D eigenvalue weighted by Gasteiger charge is -2.02. The van der Waals surface area contributed by atoms with Crippen molar-refractivity contribution >= 4 is 34.7 Å². The van der Waals surface area contributed by atoms with Crippen LogP contribution in [0.3, 0.4) is 0 Å². The molecule has 0 aliphatic heterocycles. The molecule has 0 saturated carbocycles. The Balaban J connectivity index is 2.06. The summed E-state index contributed by atoms with van der Waals surface area (Å²) in [4.78, 5) is 11.8. The summed E-state index contributed by atoms with van der Waals surface area (Å²) in [7, 11) is 0. The maximum absolute atomic E-state index is 11.8. The van der Waals surface area contributed by atoms with Crippen LogP contribution in [0.2, 0.25) is 0 Å². The van der Waals surface area contributed by atoms with Crippen LogP contribution in [-0.2, 0) is 0 Å². The number of nitrogens with one attached hydrogen (secondary N) is 1. The average Bonchev–Trinajstić information content (AvgIpc) is 2.41. The fourth-order valence-corrected chi connectivity index (χ4v) is 1.99. The molecule has 19 heavy (non-hydrogen) atoms. The fraction of sp³-hybridized carbons (Fsp3) is 0. The van der Waals surface area contributed by atoms with E-state index >= 15 is 0 Å². The number of phenolic OH excluding ortho intramolecular Hbond substituents is 1. The van der Waals surface area contributed by atoms with E-state index in [1.807, 2.05) is 24.3 Å². The SMILES string of the molecule is O=C(N/N=C\c1ccccc1I)c1ccccc1O. The van der Waals surface area contributed by atoms with E-state index in [-0.39, 0.29) is 11.3 Å². The van der Waals surface area contributed by atoms with Crippen molar-refractivity contribution in [3.63, 3.8) is 0 Å². The number of amides is 1. The molecule has 0 heterocycles. The standard InChI is InChI=1S/C14H11IN2O2/c15-12-7-3-1-5-10(12)9-16-17-14(19)11-6-2-4-8-13(11)18/h1-9,18H,(H,17,19)/b16-9-. The first kappa shape index (κ1) is 13.5. The van der Waals surface area contributed by atoms with Gasteiger partial charge in [0.15, 0.2) is 0 Å². The zero-order valence-corrected chi connectivity index (χ0v) is 12.0. The largest absolute Gasteiger partial charge is 0.507 e. The van der Waals surface area contributed by atoms with Crippen molar-refractivity contribution in [1.29, 1.82) is 0 Å². The van der Waals surface area contributed by atoms with Crippen LogP contribution in [0.4, 0.5) is 0 Å². The summed E-state index contributed by atoms with van der Waals surface area (Å²) in [5.74, 6) is -0.509. The van der Waals surface area contributed by atoms with Crippen molar-refractivity contribution in [3.05, 3.63) is 63.2 Å². The molecule has 0 aliphatic rings. The van der Waals surface area contributed by atoms with Gasteiger partial charge in [-0.05, 0) is 40.8 Å². The van der Waals surface area contributed by atoms with Gasteiger partial charge in [-0.15, -0.1) is 0 Å². The lowest BCUT2D eigenvalue weighted by Crippen LogP contribution is -2.17. The van der Waals surface area contributed by atoms with Gasteiger partial charge < -0.3 is 5.11 Å². The summed E-state index contributed by atoms with van der Waals surface area (Å²) in [5.41, 5.74) is 3.50. The number of para-hydroxylation sites is 1. The van der Waals surface area contributed by atoms with Gasteiger partial charge in [-0.25, -0.2) is 5.43 Å². The van der Waals surface area contributed by atoms with E-state index in [2.05, 4.69) is 33.1 Å². The molecule has 0 fully saturated rings. The number of halogens is 1. The number of hydrazone groups is 1. The molecular weight excluding hydrogens is 355 g/mol. The van der Waals surface area contributed by atoms with Crippen molar-refractivity contribution in [2.75, 3.05) is 0 Å². The molecule has 0 aromatic heterocycles. The Bertz CT molecular complexity index is 626. The lowest BCUT2D eigenvalue weighted by molar-refractivity contribution is 0.0952. The minimum absolute atomic E-state index is 0.0653. The molecule has 0 unspecified atom stereocenters. The molecule has 0 bridgehead atoms. The molecule has 0 spiro atoms. The van der Waals surface area contributed by atoms with Crippen molar-refractivity contribution in [2.24, 2.45) is 5.10 Å². The first-order valence-corrected chi connectivity index (χ1v) is 6.62. The van der Waals surface area contributed by atoms with Crippen LogP contribution >= 0.6 is 22.6 Å². The van der Waals surface area contributed by atoms with E-state index in [0.717, 1.165) is 9.13 Å². The van der Waals surface area contributed by atoms with Gasteiger partial charge in [0, 0.05) is 9.13 Å². The summed E-state index contributed by atoms with van der Waals surface area (Å²) >= 11 is 2.19. The Kier molecular flexibility index (Phi) is 4.51. The van der Waals surface area contributed by atoms with Crippen LogP contribution < -0.4 is 5.43 Å². The van der Waals surface area contributed by atoms with Crippen LogP contribution in [0.5, 0.6) is 5.75 Å². The fourth-order valence-electron chi connectivity index (χ4n) is 1.47. The minimum atomic E-state index is -0.444. The predicted octanol–water partition coefficient (Wildman–Crippen LogP) is 2.76. The highest BCUT2D eigenvalue weighted by Crippen LogP contribution is 2.15. The number of rotatable bonds is 3. The summed E-state index contributed by atoms with van der Waals surface area (Å²) < 4.78 is 1.04. The maximum Gasteiger partial charge on any atom is 0.275 e. The first-order valence-electron chi connectivity index (χ1n) is 5.54. The summed E-state index contributed by atoms with van der Waals surface area (Å²) in [6.45, 7) is 0. The second-order valence-electron chi connectivity index (χ2n) is 3.74. The van der Waals surface area contributed by atoms with E-state index < -0.39 is 5.91 Å². The van der Waals surface area contributed by atoms with Gasteiger partial charge in [0.2, 0.25) is 0 Å². The van der Waals surface area contributed by atoms with Crippen LogP contribution in [0.1, 0.15) is 15.9 Å². The molecular formula is C14H11IN2O2. The summed E-state index contributed by atoms with van der Waals surface area (Å²) in [5, 5.41) is 13.4. The number of carbonyl (C=O) groups excluding carboxylic acids is 1. The maximum atomic E-state index is 11.8. The zero-order chi connectivity index (χ0) is 13.7. The topological polar surface area (TPSA) is 61.7 Å². The summed E-state index contributed by atoms with van der Waals surface area (Å²) in [6.07, 6.45) is 1.57. The molecule has 2 aromatic carbocycles. The van der Waals surface area contributed by atoms with Gasteiger partial charge in [0.25, 0.3) is 5.91 Å². The highest BCUT2D eigenvalue weighted by atomic mass is 127. The van der Waals surface area contributed by atoms with E-state index in [9.17, 15) is 9.90 Å². The molecule has 1 amide bonds. The Hall–Kier alpha value is -1.89. The third kappa shape index (κ3) is 3.54. The highest BCUT2D eigenvalue weighted by Gasteiger charge is 2.08. The van der Waals surface area contributed by atoms with E-state index in [1.165, 1.54) is 12.1 Å². The van der Waals surface area contributed by atoms with Gasteiger partial charge in [-0.1, -0.05) is 30.3 Å². The second-order valence-corrected chi connectivity index (χ2v) is 4.90. The Morgan fingerprint density at radius 1 is 1.16 bits per heavy atom. The van der Waals surface area contributed by atoms with Crippen molar-refractivity contribution in [1.82, 2.24) is 5.43 Å². The van der Waals surface area contributed by atoms with Crippen molar-refractivity contribution in [3.8, 4) is 5.75 Å². The predicted molar refractivity (Wildman–Crippen MR) is 82.3 cm³/mol. The number of hydrogen-bond acceptors (Lipinski definition) is 3. The number of nitrogens with zero attached hydrogens (tertiary/aromatic N) is 1. The molecule has 0 aliphatic carbocycles. The first-order chi connectivity index (χ1) is 9.18. The molecule has 0 saturated heterocycles. The van der Waals surface area contributed by atoms with Crippen LogP contribution in [-0.4, -0.2) is 17.2 Å². The third-order valence-electron chi connectivity index (χ3n) is 2.42. The Morgan fingerprint density at radius 3 is 2.58 bits per heavy atom. The molecule has 5 heteroatoms. The zero-order valence-electron chi connectivity index (χ0n) is 9.88. The minimum Gasteiger partial charge on any atom is -0.507 e. The summed E-state index contributed by atoms with van der Waals surface area (Å²) in [6, 6.07) is 14.0. The number of phenols is 1. The van der Waals surface area contributed by atoms with E-state index in [4.69, 9.17) is 0 Å². The molecule has 96 valence electrons. The third-order valence-corrected chi connectivity index (χ3v) is 3.41. The quantitative estimate of drug-likeness (QED) is 0.499. The van der Waals surface area contributed by atoms with Gasteiger partial charge in [0.1, 0.15) is 5.75 Å². The normalized spacial score (nSPS) is 10.6. The van der Waals surface area contributed by atoms with Gasteiger partial charge in [-0.2, -0.15) is 5.10 Å². The highest BCUT2D eigenvalue weighted by molar-refractivity contribution is 14.1. The van der Waals surface area contributed by atoms with E-state index in [1.54, 1.807) is 18.3 Å². The number of carbonyl (C=O) groups is 1. The van der Waals surface area contributed by atoms with Crippen molar-refractivity contribution < 1.29 is 9.90 Å². The monoisotopic (exact) mass is 366 g/mol. The van der Waals surface area contributed by atoms with Gasteiger partial charge in [-0.3, -0.25) is 4.79 Å². The van der Waals surface area contributed by atoms with Crippen LogP contribution in [0, 0.1) is 3.57 Å². The molecule has 0 radical (unpaired) electrons. The number of hydrogen-bond donors (Lipinski definition) is 2. The smallest absolute Gasteiger partial charge is 0.275 e. The molecule has 2 N–H and O–H groups in total. The Morgan fingerprint density at radius 2 is 1.84 bits per heavy atom. The molecule has 2 aromatic rings. The molecule has 4 nitrogen and oxygen atoms in total. The van der Waals surface area contributed by atoms with Gasteiger partial charge in [0.05, 0.1) is 11.8 Å². The molecule has 2 rings (SSSR count). The average molecular weight is 366 g/mol.